The second kappa shape index (κ2) is 7.46. The van der Waals surface area contributed by atoms with Crippen molar-refractivity contribution in [1.29, 1.82) is 0 Å². The maximum atomic E-state index is 13.7. The molecular weight excluding hydrogens is 441 g/mol. The highest BCUT2D eigenvalue weighted by Gasteiger charge is 2.48. The number of nitrogens with zero attached hydrogens (tertiary/aromatic N) is 2. The molecule has 0 bridgehead atoms. The van der Waals surface area contributed by atoms with Gasteiger partial charge in [-0.1, -0.05) is 19.3 Å². The summed E-state index contributed by atoms with van der Waals surface area (Å²) in [4.78, 5) is 12.7. The number of fused-ring (bicyclic) bond motifs is 1. The average molecular weight is 461 g/mol. The third-order valence-corrected chi connectivity index (χ3v) is 6.09. The summed E-state index contributed by atoms with van der Waals surface area (Å²) in [6, 6.07) is 0.766. The van der Waals surface area contributed by atoms with E-state index in [1.807, 2.05) is 0 Å². The zero-order valence-electron chi connectivity index (χ0n) is 14.9. The number of alkyl halides is 3. The predicted molar refractivity (Wildman–Crippen MR) is 99.0 cm³/mol. The molecule has 0 spiro atoms. The zero-order chi connectivity index (χ0) is 19.9. The van der Waals surface area contributed by atoms with Gasteiger partial charge in [0.05, 0.1) is 16.8 Å². The van der Waals surface area contributed by atoms with E-state index < -0.39 is 24.2 Å². The molecule has 152 valence electrons. The third-order valence-electron chi connectivity index (χ3n) is 5.34. The molecule has 0 aromatic carbocycles. The van der Waals surface area contributed by atoms with E-state index >= 15 is 0 Å². The Morgan fingerprint density at radius 2 is 2.07 bits per heavy atom. The minimum absolute atomic E-state index is 0.0362. The van der Waals surface area contributed by atoms with E-state index in [0.29, 0.717) is 5.76 Å². The van der Waals surface area contributed by atoms with Gasteiger partial charge in [0.1, 0.15) is 11.6 Å². The number of nitrogens with one attached hydrogen (secondary N) is 2. The smallest absolute Gasteiger partial charge is 0.410 e. The molecule has 2 unspecified atom stereocenters. The van der Waals surface area contributed by atoms with Crippen LogP contribution >= 0.6 is 15.9 Å². The number of aromatic nitrogens is 2. The predicted octanol–water partition coefficient (Wildman–Crippen LogP) is 4.96. The Balaban J connectivity index is 1.65. The maximum absolute atomic E-state index is 13.7. The quantitative estimate of drug-likeness (QED) is 0.678. The van der Waals surface area contributed by atoms with Crippen LogP contribution in [0.2, 0.25) is 0 Å². The number of anilines is 1. The first-order valence-corrected chi connectivity index (χ1v) is 10.1. The Bertz CT molecular complexity index is 844. The molecule has 6 nitrogen and oxygen atoms in total. The largest absolute Gasteiger partial charge is 0.467 e. The Morgan fingerprint density at radius 3 is 2.71 bits per heavy atom. The highest BCUT2D eigenvalue weighted by Crippen LogP contribution is 2.46. The lowest BCUT2D eigenvalue weighted by Gasteiger charge is -2.32. The van der Waals surface area contributed by atoms with Crippen LogP contribution in [0.1, 0.15) is 66.9 Å². The van der Waals surface area contributed by atoms with Gasteiger partial charge in [-0.05, 0) is 40.9 Å². The van der Waals surface area contributed by atoms with Gasteiger partial charge in [-0.15, -0.1) is 0 Å². The average Bonchev–Trinajstić information content (AvgIpc) is 3.30. The molecule has 2 atom stereocenters. The summed E-state index contributed by atoms with van der Waals surface area (Å²) in [6.07, 6.45) is 1.60. The molecule has 1 aliphatic carbocycles. The van der Waals surface area contributed by atoms with Crippen molar-refractivity contribution in [3.05, 3.63) is 34.3 Å². The molecule has 10 heteroatoms. The van der Waals surface area contributed by atoms with Gasteiger partial charge >= 0.3 is 6.18 Å². The molecule has 4 rings (SSSR count). The first-order valence-electron chi connectivity index (χ1n) is 9.30. The zero-order valence-corrected chi connectivity index (χ0v) is 16.5. The molecule has 3 heterocycles. The second-order valence-electron chi connectivity index (χ2n) is 7.27. The van der Waals surface area contributed by atoms with Crippen LogP contribution < -0.4 is 10.6 Å². The van der Waals surface area contributed by atoms with Crippen LogP contribution in [0.3, 0.4) is 0 Å². The van der Waals surface area contributed by atoms with Crippen molar-refractivity contribution in [2.24, 2.45) is 0 Å². The van der Waals surface area contributed by atoms with Gasteiger partial charge in [0.2, 0.25) is 0 Å². The first-order chi connectivity index (χ1) is 13.3. The molecule has 1 saturated carbocycles. The summed E-state index contributed by atoms with van der Waals surface area (Å²) in [7, 11) is 0. The number of hydrogen-bond acceptors (Lipinski definition) is 4. The van der Waals surface area contributed by atoms with Crippen LogP contribution in [-0.2, 0) is 0 Å². The van der Waals surface area contributed by atoms with E-state index in [0.717, 1.165) is 36.8 Å². The molecule has 1 aliphatic heterocycles. The lowest BCUT2D eigenvalue weighted by molar-refractivity contribution is -0.174. The van der Waals surface area contributed by atoms with Gasteiger partial charge in [-0.2, -0.15) is 18.3 Å². The number of carbonyl (C=O) groups is 1. The molecule has 0 radical (unpaired) electrons. The molecule has 1 amide bonds. The highest BCUT2D eigenvalue weighted by atomic mass is 79.9. The minimum Gasteiger partial charge on any atom is -0.467 e. The molecule has 28 heavy (non-hydrogen) atoms. The number of carbonyl (C=O) groups excluding carboxylic acids is 1. The number of furan rings is 1. The second-order valence-corrected chi connectivity index (χ2v) is 8.06. The standard InChI is InChI=1S/C18H20BrF3N4O2/c19-14-15(17(27)23-10-5-2-1-3-6-10)25-26-13(18(20,21)22)9-11(24-16(14)26)12-7-4-8-28-12/h4,7-8,10-11,13,24H,1-3,5-6,9H2,(H,23,27). The molecule has 2 aromatic heterocycles. The van der Waals surface area contributed by atoms with Gasteiger partial charge < -0.3 is 15.1 Å². The van der Waals surface area contributed by atoms with E-state index in [9.17, 15) is 18.0 Å². The summed E-state index contributed by atoms with van der Waals surface area (Å²) >= 11 is 3.28. The van der Waals surface area contributed by atoms with Crippen LogP contribution in [-0.4, -0.2) is 27.9 Å². The Kier molecular flexibility index (Phi) is 5.15. The summed E-state index contributed by atoms with van der Waals surface area (Å²) in [5.74, 6) is 0.0727. The Labute approximate surface area is 168 Å². The van der Waals surface area contributed by atoms with Crippen molar-refractivity contribution in [3.8, 4) is 0 Å². The number of rotatable bonds is 3. The monoisotopic (exact) mass is 460 g/mol. The van der Waals surface area contributed by atoms with E-state index in [4.69, 9.17) is 4.42 Å². The first kappa shape index (κ1) is 19.4. The summed E-state index contributed by atoms with van der Waals surface area (Å²) < 4.78 is 47.5. The van der Waals surface area contributed by atoms with Crippen molar-refractivity contribution in [2.75, 3.05) is 5.32 Å². The van der Waals surface area contributed by atoms with Crippen molar-refractivity contribution >= 4 is 27.7 Å². The van der Waals surface area contributed by atoms with Gasteiger partial charge in [-0.3, -0.25) is 4.79 Å². The van der Waals surface area contributed by atoms with Crippen molar-refractivity contribution in [3.63, 3.8) is 0 Å². The Hall–Kier alpha value is -1.97. The highest BCUT2D eigenvalue weighted by molar-refractivity contribution is 9.10. The van der Waals surface area contributed by atoms with Crippen molar-refractivity contribution in [1.82, 2.24) is 15.1 Å². The lowest BCUT2D eigenvalue weighted by Crippen LogP contribution is -2.37. The van der Waals surface area contributed by atoms with Gasteiger partial charge in [0, 0.05) is 12.5 Å². The number of amides is 1. The van der Waals surface area contributed by atoms with Crippen LogP contribution in [0.25, 0.3) is 0 Å². The lowest BCUT2D eigenvalue weighted by atomic mass is 9.95. The van der Waals surface area contributed by atoms with E-state index in [2.05, 4.69) is 31.7 Å². The van der Waals surface area contributed by atoms with Crippen LogP contribution in [0.4, 0.5) is 19.0 Å². The fourth-order valence-corrected chi connectivity index (χ4v) is 4.47. The van der Waals surface area contributed by atoms with Crippen molar-refractivity contribution in [2.45, 2.75) is 62.8 Å². The maximum Gasteiger partial charge on any atom is 0.410 e. The summed E-state index contributed by atoms with van der Waals surface area (Å²) in [6.45, 7) is 0. The van der Waals surface area contributed by atoms with Gasteiger partial charge in [0.25, 0.3) is 5.91 Å². The van der Waals surface area contributed by atoms with Gasteiger partial charge in [-0.25, -0.2) is 4.68 Å². The fraction of sp³-hybridized carbons (Fsp3) is 0.556. The van der Waals surface area contributed by atoms with Gasteiger partial charge in [0.15, 0.2) is 11.7 Å². The fourth-order valence-electron chi connectivity index (χ4n) is 3.91. The topological polar surface area (TPSA) is 72.1 Å². The molecule has 0 saturated heterocycles. The van der Waals surface area contributed by atoms with Crippen LogP contribution in [0.15, 0.2) is 27.3 Å². The van der Waals surface area contributed by atoms with E-state index in [1.54, 1.807) is 12.1 Å². The number of halogens is 4. The summed E-state index contributed by atoms with van der Waals surface area (Å²) in [5, 5.41) is 9.96. The SMILES string of the molecule is O=C(NC1CCCCC1)c1nn2c(c1Br)NC(c1ccco1)CC2C(F)(F)F. The van der Waals surface area contributed by atoms with Crippen molar-refractivity contribution < 1.29 is 22.4 Å². The molecule has 1 fully saturated rings. The molecule has 2 N–H and O–H groups in total. The molecular formula is C18H20BrF3N4O2. The molecule has 2 aliphatic rings. The van der Waals surface area contributed by atoms with Crippen LogP contribution in [0, 0.1) is 0 Å². The minimum atomic E-state index is -4.51. The van der Waals surface area contributed by atoms with Crippen LogP contribution in [0.5, 0.6) is 0 Å². The number of hydrogen-bond donors (Lipinski definition) is 2. The van der Waals surface area contributed by atoms with E-state index in [-0.39, 0.29) is 28.4 Å². The summed E-state index contributed by atoms with van der Waals surface area (Å²) in [5.41, 5.74) is -0.0394. The third kappa shape index (κ3) is 3.66. The normalized spacial score (nSPS) is 23.1. The molecule has 2 aromatic rings. The van der Waals surface area contributed by atoms with E-state index in [1.165, 1.54) is 6.26 Å². The Morgan fingerprint density at radius 1 is 1.32 bits per heavy atom.